The van der Waals surface area contributed by atoms with Crippen molar-refractivity contribution in [1.82, 2.24) is 9.97 Å². The number of aromatic nitrogens is 2. The number of fused-ring (bicyclic) bond motifs is 3. The Balaban J connectivity index is 1.46. The number of halogens is 1. The van der Waals surface area contributed by atoms with E-state index in [9.17, 15) is 4.39 Å². The molecule has 7 heteroatoms. The minimum atomic E-state index is -0.281. The minimum Gasteiger partial charge on any atom is -0.381 e. The number of nitrogens with zero attached hydrogens (tertiary/aromatic N) is 4. The summed E-state index contributed by atoms with van der Waals surface area (Å²) in [6.07, 6.45) is 3.77. The number of hydrogen-bond donors (Lipinski definition) is 0. The second-order valence-corrected chi connectivity index (χ2v) is 11.0. The van der Waals surface area contributed by atoms with E-state index in [0.29, 0.717) is 5.52 Å². The summed E-state index contributed by atoms with van der Waals surface area (Å²) in [7, 11) is 0. The number of pyridine rings is 2. The monoisotopic (exact) mass is 524 g/mol. The zero-order chi connectivity index (χ0) is 26.6. The Morgan fingerprint density at radius 1 is 0.923 bits per heavy atom. The van der Waals surface area contributed by atoms with Crippen LogP contribution in [-0.2, 0) is 14.9 Å². The maximum Gasteiger partial charge on any atom is 0.125 e. The van der Waals surface area contributed by atoms with Crippen LogP contribution in [0.2, 0.25) is 0 Å². The zero-order valence-electron chi connectivity index (χ0n) is 22.5. The van der Waals surface area contributed by atoms with Gasteiger partial charge in [0.05, 0.1) is 30.1 Å². The summed E-state index contributed by atoms with van der Waals surface area (Å²) in [4.78, 5) is 14.4. The maximum atomic E-state index is 14.5. The molecule has 0 N–H and O–H groups in total. The van der Waals surface area contributed by atoms with Crippen molar-refractivity contribution < 1.29 is 13.9 Å². The zero-order valence-corrected chi connectivity index (χ0v) is 22.5. The van der Waals surface area contributed by atoms with E-state index in [-0.39, 0.29) is 11.2 Å². The van der Waals surface area contributed by atoms with E-state index < -0.39 is 0 Å². The highest BCUT2D eigenvalue weighted by molar-refractivity contribution is 6.00. The number of hydrogen-bond acceptors (Lipinski definition) is 6. The van der Waals surface area contributed by atoms with Crippen molar-refractivity contribution in [1.29, 1.82) is 0 Å². The largest absolute Gasteiger partial charge is 0.381 e. The van der Waals surface area contributed by atoms with Crippen molar-refractivity contribution in [2.75, 3.05) is 55.9 Å². The van der Waals surface area contributed by atoms with Crippen LogP contribution < -0.4 is 9.80 Å². The second-order valence-electron chi connectivity index (χ2n) is 11.0. The maximum absolute atomic E-state index is 14.5. The molecule has 4 aromatic rings. The molecule has 0 amide bonds. The molecule has 0 saturated carbocycles. The Morgan fingerprint density at radius 3 is 2.51 bits per heavy atom. The highest BCUT2D eigenvalue weighted by Gasteiger charge is 2.45. The molecule has 200 valence electrons. The Bertz CT molecular complexity index is 1560. The first-order valence-corrected chi connectivity index (χ1v) is 13.9. The molecule has 0 aliphatic carbocycles. The van der Waals surface area contributed by atoms with Crippen molar-refractivity contribution in [3.05, 3.63) is 77.4 Å². The second kappa shape index (κ2) is 9.57. The molecular formula is C32H33FN4O2. The first-order chi connectivity index (χ1) is 19.0. The molecule has 1 spiro atoms. The summed E-state index contributed by atoms with van der Waals surface area (Å²) in [5.74, 6) is -0.281. The fourth-order valence-corrected chi connectivity index (χ4v) is 6.73. The lowest BCUT2D eigenvalue weighted by Crippen LogP contribution is -2.37. The number of aryl methyl sites for hydroxylation is 1. The molecule has 3 aliphatic heterocycles. The molecule has 5 heterocycles. The third-order valence-corrected chi connectivity index (χ3v) is 8.82. The van der Waals surface area contributed by atoms with E-state index in [0.717, 1.165) is 92.5 Å². The highest BCUT2D eigenvalue weighted by atomic mass is 19.1. The van der Waals surface area contributed by atoms with Crippen molar-refractivity contribution in [3.8, 4) is 11.3 Å². The Labute approximate surface area is 228 Å². The van der Waals surface area contributed by atoms with Gasteiger partial charge in [-0.1, -0.05) is 6.07 Å². The Hall–Kier alpha value is -3.55. The molecule has 0 radical (unpaired) electrons. The third kappa shape index (κ3) is 4.07. The number of morpholine rings is 1. The Kier molecular flexibility index (Phi) is 6.01. The van der Waals surface area contributed by atoms with Crippen LogP contribution in [0.15, 0.2) is 54.7 Å². The molecule has 2 aromatic carbocycles. The van der Waals surface area contributed by atoms with Crippen molar-refractivity contribution in [2.24, 2.45) is 0 Å². The standard InChI is InChI=1S/C32H33FN4O2/c1-21-30(25-4-3-11-34-22(25)2)35-28-18-23(33)5-7-26(28)31(21)37-20-32(9-14-38-15-10-32)27-8-6-24(19-29(27)37)36-12-16-39-17-13-36/h3-8,11,18-19H,9-10,12-17,20H2,1-2H3. The van der Waals surface area contributed by atoms with Gasteiger partial charge in [0.25, 0.3) is 0 Å². The number of benzene rings is 2. The van der Waals surface area contributed by atoms with E-state index in [1.54, 1.807) is 18.3 Å². The lowest BCUT2D eigenvalue weighted by Gasteiger charge is -2.35. The van der Waals surface area contributed by atoms with Crippen LogP contribution in [0.1, 0.15) is 29.7 Å². The summed E-state index contributed by atoms with van der Waals surface area (Å²) in [6, 6.07) is 16.0. The molecule has 39 heavy (non-hydrogen) atoms. The predicted molar refractivity (Wildman–Crippen MR) is 153 cm³/mol. The van der Waals surface area contributed by atoms with Crippen LogP contribution in [0.4, 0.5) is 21.5 Å². The Morgan fingerprint density at radius 2 is 1.72 bits per heavy atom. The van der Waals surface area contributed by atoms with Gasteiger partial charge in [0.2, 0.25) is 0 Å². The number of ether oxygens (including phenoxy) is 2. The van der Waals surface area contributed by atoms with Crippen LogP contribution in [0, 0.1) is 19.7 Å². The van der Waals surface area contributed by atoms with Crippen LogP contribution in [0.3, 0.4) is 0 Å². The molecule has 7 rings (SSSR count). The molecular weight excluding hydrogens is 491 g/mol. The molecule has 2 fully saturated rings. The van der Waals surface area contributed by atoms with Crippen LogP contribution in [0.5, 0.6) is 0 Å². The van der Waals surface area contributed by atoms with Gasteiger partial charge in [-0.25, -0.2) is 9.37 Å². The van der Waals surface area contributed by atoms with Crippen LogP contribution in [-0.4, -0.2) is 56.0 Å². The van der Waals surface area contributed by atoms with Crippen LogP contribution in [0.25, 0.3) is 22.2 Å². The predicted octanol–water partition coefficient (Wildman–Crippen LogP) is 6.09. The highest BCUT2D eigenvalue weighted by Crippen LogP contribution is 2.53. The SMILES string of the molecule is Cc1ncccc1-c1nc2cc(F)ccc2c(N2CC3(CCOCC3)c3ccc(N4CCOCC4)cc32)c1C. The lowest BCUT2D eigenvalue weighted by molar-refractivity contribution is 0.0558. The summed E-state index contributed by atoms with van der Waals surface area (Å²) in [6.45, 7) is 9.81. The number of rotatable bonds is 3. The van der Waals surface area contributed by atoms with E-state index >= 15 is 0 Å². The molecule has 0 atom stereocenters. The lowest BCUT2D eigenvalue weighted by atomic mass is 9.76. The van der Waals surface area contributed by atoms with E-state index in [1.165, 1.54) is 16.9 Å². The van der Waals surface area contributed by atoms with E-state index in [4.69, 9.17) is 14.5 Å². The minimum absolute atomic E-state index is 0.0174. The van der Waals surface area contributed by atoms with Crippen molar-refractivity contribution in [3.63, 3.8) is 0 Å². The van der Waals surface area contributed by atoms with Gasteiger partial charge in [0.15, 0.2) is 0 Å². The molecule has 6 nitrogen and oxygen atoms in total. The first kappa shape index (κ1) is 24.5. The van der Waals surface area contributed by atoms with Gasteiger partial charge < -0.3 is 19.3 Å². The average Bonchev–Trinajstić information content (AvgIpc) is 3.26. The average molecular weight is 525 g/mol. The van der Waals surface area contributed by atoms with Gasteiger partial charge in [0.1, 0.15) is 5.82 Å². The van der Waals surface area contributed by atoms with Gasteiger partial charge in [-0.05, 0) is 74.2 Å². The smallest absolute Gasteiger partial charge is 0.125 e. The summed E-state index contributed by atoms with van der Waals surface area (Å²) < 4.78 is 26.0. The molecule has 2 saturated heterocycles. The van der Waals surface area contributed by atoms with Crippen molar-refractivity contribution in [2.45, 2.75) is 32.1 Å². The molecule has 0 unspecified atom stereocenters. The first-order valence-electron chi connectivity index (χ1n) is 13.9. The summed E-state index contributed by atoms with van der Waals surface area (Å²) in [5, 5.41) is 0.964. The topological polar surface area (TPSA) is 50.7 Å². The van der Waals surface area contributed by atoms with Gasteiger partial charge >= 0.3 is 0 Å². The van der Waals surface area contributed by atoms with Gasteiger partial charge in [-0.3, -0.25) is 4.98 Å². The quantitative estimate of drug-likeness (QED) is 0.323. The molecule has 2 aromatic heterocycles. The van der Waals surface area contributed by atoms with E-state index in [2.05, 4.69) is 46.0 Å². The van der Waals surface area contributed by atoms with Gasteiger partial charge in [-0.2, -0.15) is 0 Å². The third-order valence-electron chi connectivity index (χ3n) is 8.82. The normalized spacial score (nSPS) is 18.6. The van der Waals surface area contributed by atoms with Crippen LogP contribution >= 0.6 is 0 Å². The summed E-state index contributed by atoms with van der Waals surface area (Å²) in [5.41, 5.74) is 9.43. The fraction of sp³-hybridized carbons (Fsp3) is 0.375. The molecule has 3 aliphatic rings. The fourth-order valence-electron chi connectivity index (χ4n) is 6.73. The summed E-state index contributed by atoms with van der Waals surface area (Å²) >= 11 is 0. The van der Waals surface area contributed by atoms with Crippen molar-refractivity contribution >= 4 is 28.0 Å². The molecule has 0 bridgehead atoms. The number of anilines is 3. The van der Waals surface area contributed by atoms with E-state index in [1.807, 2.05) is 19.1 Å². The van der Waals surface area contributed by atoms with Gasteiger partial charge in [-0.15, -0.1) is 0 Å². The van der Waals surface area contributed by atoms with Gasteiger partial charge in [0, 0.05) is 78.5 Å².